The predicted molar refractivity (Wildman–Crippen MR) is 117 cm³/mol. The van der Waals surface area contributed by atoms with E-state index in [0.29, 0.717) is 23.9 Å². The zero-order valence-corrected chi connectivity index (χ0v) is 17.5. The van der Waals surface area contributed by atoms with Crippen LogP contribution in [0.1, 0.15) is 6.42 Å². The summed E-state index contributed by atoms with van der Waals surface area (Å²) in [4.78, 5) is 11.3. The molecule has 4 rings (SSSR count). The lowest BCUT2D eigenvalue weighted by Crippen LogP contribution is -2.19. The van der Waals surface area contributed by atoms with Crippen LogP contribution in [0.15, 0.2) is 55.0 Å². The first kappa shape index (κ1) is 20.1. The molecule has 0 spiro atoms. The van der Waals surface area contributed by atoms with Crippen LogP contribution in [0.5, 0.6) is 5.75 Å². The van der Waals surface area contributed by atoms with Gasteiger partial charge in [0.2, 0.25) is 0 Å². The van der Waals surface area contributed by atoms with Gasteiger partial charge in [0.1, 0.15) is 11.6 Å². The molecule has 0 bridgehead atoms. The Morgan fingerprint density at radius 3 is 2.70 bits per heavy atom. The van der Waals surface area contributed by atoms with Crippen molar-refractivity contribution in [1.82, 2.24) is 19.7 Å². The minimum atomic E-state index is -0.361. The summed E-state index contributed by atoms with van der Waals surface area (Å²) in [6.07, 6.45) is 6.12. The Morgan fingerprint density at radius 2 is 1.97 bits per heavy atom. The van der Waals surface area contributed by atoms with Crippen molar-refractivity contribution < 1.29 is 9.13 Å². The number of alkyl halides is 1. The van der Waals surface area contributed by atoms with E-state index in [0.717, 1.165) is 34.4 Å². The van der Waals surface area contributed by atoms with Crippen LogP contribution >= 0.6 is 11.6 Å². The lowest BCUT2D eigenvalue weighted by molar-refractivity contribution is 0.411. The van der Waals surface area contributed by atoms with Crippen LogP contribution in [0, 0.1) is 5.82 Å². The summed E-state index contributed by atoms with van der Waals surface area (Å²) in [5, 5.41) is 4.20. The summed E-state index contributed by atoms with van der Waals surface area (Å²) >= 11 is 5.94. The number of benzene rings is 2. The van der Waals surface area contributed by atoms with Crippen LogP contribution < -0.4 is 9.64 Å². The molecule has 0 aliphatic rings. The number of ether oxygens (including phenoxy) is 1. The number of methoxy groups -OCH3 is 1. The number of aryl methyl sites for hydroxylation is 1. The molecule has 2 heterocycles. The Bertz CT molecular complexity index is 1180. The summed E-state index contributed by atoms with van der Waals surface area (Å²) in [6, 6.07) is 10.5. The Kier molecular flexibility index (Phi) is 5.81. The number of aromatic nitrogens is 4. The molecule has 2 aromatic carbocycles. The summed E-state index contributed by atoms with van der Waals surface area (Å²) in [5.74, 6) is 0.599. The van der Waals surface area contributed by atoms with Crippen LogP contribution in [0.2, 0.25) is 0 Å². The zero-order valence-electron chi connectivity index (χ0n) is 16.7. The average Bonchev–Trinajstić information content (AvgIpc) is 3.19. The van der Waals surface area contributed by atoms with Gasteiger partial charge in [-0.05, 0) is 30.7 Å². The third-order valence-corrected chi connectivity index (χ3v) is 5.02. The van der Waals surface area contributed by atoms with Gasteiger partial charge in [-0.25, -0.2) is 9.37 Å². The van der Waals surface area contributed by atoms with E-state index >= 15 is 0 Å². The second kappa shape index (κ2) is 8.67. The van der Waals surface area contributed by atoms with Crippen molar-refractivity contribution in [3.63, 3.8) is 0 Å². The standard InChI is InChI=1S/C22H21ClFN5O/c1-28-14-15(12-26-28)22-13-25-20-5-4-17(11-21(20)27-22)29(7-3-6-23)18-8-16(24)9-19(10-18)30-2/h4-5,8-14H,3,6-7H2,1-2H3. The monoisotopic (exact) mass is 425 g/mol. The fourth-order valence-electron chi connectivity index (χ4n) is 3.31. The molecule has 154 valence electrons. The second-order valence-electron chi connectivity index (χ2n) is 6.87. The zero-order chi connectivity index (χ0) is 21.1. The molecule has 0 amide bonds. The second-order valence-corrected chi connectivity index (χ2v) is 7.25. The van der Waals surface area contributed by atoms with Crippen LogP contribution in [0.4, 0.5) is 15.8 Å². The van der Waals surface area contributed by atoms with Crippen LogP contribution in [0.3, 0.4) is 0 Å². The first-order valence-electron chi connectivity index (χ1n) is 9.51. The van der Waals surface area contributed by atoms with E-state index in [1.807, 2.05) is 36.3 Å². The van der Waals surface area contributed by atoms with Crippen LogP contribution in [0.25, 0.3) is 22.3 Å². The number of hydrogen-bond acceptors (Lipinski definition) is 5. The molecule has 0 fully saturated rings. The molecule has 2 aromatic heterocycles. The van der Waals surface area contributed by atoms with Crippen molar-refractivity contribution >= 4 is 34.0 Å². The molecule has 0 atom stereocenters. The van der Waals surface area contributed by atoms with Gasteiger partial charge in [-0.15, -0.1) is 11.6 Å². The number of fused-ring (bicyclic) bond motifs is 1. The molecular formula is C22H21ClFN5O. The Hall–Kier alpha value is -3.19. The Morgan fingerprint density at radius 1 is 1.10 bits per heavy atom. The fourth-order valence-corrected chi connectivity index (χ4v) is 3.43. The molecule has 0 N–H and O–H groups in total. The highest BCUT2D eigenvalue weighted by molar-refractivity contribution is 6.17. The van der Waals surface area contributed by atoms with Gasteiger partial charge in [-0.3, -0.25) is 9.67 Å². The summed E-state index contributed by atoms with van der Waals surface area (Å²) in [7, 11) is 3.38. The number of hydrogen-bond donors (Lipinski definition) is 0. The Labute approximate surface area is 178 Å². The number of halogens is 2. The fraction of sp³-hybridized carbons (Fsp3) is 0.227. The maximum absolute atomic E-state index is 14.1. The van der Waals surface area contributed by atoms with E-state index < -0.39 is 0 Å². The molecule has 8 heteroatoms. The quantitative estimate of drug-likeness (QED) is 0.392. The van der Waals surface area contributed by atoms with Crippen LogP contribution in [-0.2, 0) is 7.05 Å². The molecule has 30 heavy (non-hydrogen) atoms. The van der Waals surface area contributed by atoms with E-state index in [1.54, 1.807) is 23.1 Å². The van der Waals surface area contributed by atoms with Gasteiger partial charge in [0.25, 0.3) is 0 Å². The molecule has 0 saturated carbocycles. The van der Waals surface area contributed by atoms with Gasteiger partial charge in [-0.1, -0.05) is 0 Å². The van der Waals surface area contributed by atoms with Gasteiger partial charge >= 0.3 is 0 Å². The third kappa shape index (κ3) is 4.21. The van der Waals surface area contributed by atoms with Gasteiger partial charge in [0.15, 0.2) is 0 Å². The van der Waals surface area contributed by atoms with E-state index in [9.17, 15) is 4.39 Å². The third-order valence-electron chi connectivity index (χ3n) is 4.76. The first-order valence-corrected chi connectivity index (χ1v) is 10.0. The smallest absolute Gasteiger partial charge is 0.128 e. The normalized spacial score (nSPS) is 11.1. The predicted octanol–water partition coefficient (Wildman–Crippen LogP) is 4.95. The molecular weight excluding hydrogens is 405 g/mol. The molecule has 0 unspecified atom stereocenters. The first-order chi connectivity index (χ1) is 14.6. The van der Waals surface area contributed by atoms with E-state index in [4.69, 9.17) is 21.3 Å². The highest BCUT2D eigenvalue weighted by atomic mass is 35.5. The maximum Gasteiger partial charge on any atom is 0.128 e. The van der Waals surface area contributed by atoms with Gasteiger partial charge in [0, 0.05) is 54.7 Å². The lowest BCUT2D eigenvalue weighted by Gasteiger charge is -2.25. The summed E-state index contributed by atoms with van der Waals surface area (Å²) in [6.45, 7) is 0.622. The molecule has 4 aromatic rings. The van der Waals surface area contributed by atoms with Gasteiger partial charge in [0.05, 0.1) is 36.2 Å². The molecule has 0 radical (unpaired) electrons. The largest absolute Gasteiger partial charge is 0.497 e. The van der Waals surface area contributed by atoms with Crippen molar-refractivity contribution in [2.75, 3.05) is 24.4 Å². The molecule has 0 aliphatic heterocycles. The summed E-state index contributed by atoms with van der Waals surface area (Å²) < 4.78 is 21.1. The van der Waals surface area contributed by atoms with Crippen molar-refractivity contribution in [3.8, 4) is 17.0 Å². The molecule has 6 nitrogen and oxygen atoms in total. The minimum Gasteiger partial charge on any atom is -0.497 e. The van der Waals surface area contributed by atoms with E-state index in [-0.39, 0.29) is 5.82 Å². The van der Waals surface area contributed by atoms with Crippen molar-refractivity contribution in [2.45, 2.75) is 6.42 Å². The molecule has 0 saturated heterocycles. The topological polar surface area (TPSA) is 56.1 Å². The highest BCUT2D eigenvalue weighted by Gasteiger charge is 2.14. The lowest BCUT2D eigenvalue weighted by atomic mass is 10.2. The maximum atomic E-state index is 14.1. The van der Waals surface area contributed by atoms with Crippen molar-refractivity contribution in [2.24, 2.45) is 7.05 Å². The minimum absolute atomic E-state index is 0.361. The number of nitrogens with zero attached hydrogens (tertiary/aromatic N) is 5. The Balaban J connectivity index is 1.78. The summed E-state index contributed by atoms with van der Waals surface area (Å²) in [5.41, 5.74) is 4.72. The SMILES string of the molecule is COc1cc(F)cc(N(CCCCl)c2ccc3ncc(-c4cnn(C)c4)nc3c2)c1. The van der Waals surface area contributed by atoms with Crippen molar-refractivity contribution in [1.29, 1.82) is 0 Å². The number of rotatable bonds is 7. The average molecular weight is 426 g/mol. The van der Waals surface area contributed by atoms with Crippen molar-refractivity contribution in [3.05, 3.63) is 60.8 Å². The highest BCUT2D eigenvalue weighted by Crippen LogP contribution is 2.31. The van der Waals surface area contributed by atoms with E-state index in [1.165, 1.54) is 19.2 Å². The van der Waals surface area contributed by atoms with Gasteiger partial charge < -0.3 is 9.64 Å². The molecule has 0 aliphatic carbocycles. The van der Waals surface area contributed by atoms with Crippen LogP contribution in [-0.4, -0.2) is 39.3 Å². The van der Waals surface area contributed by atoms with Gasteiger partial charge in [-0.2, -0.15) is 5.10 Å². The number of anilines is 2. The van der Waals surface area contributed by atoms with E-state index in [2.05, 4.69) is 10.1 Å².